The zero-order chi connectivity index (χ0) is 6.73. The van der Waals surface area contributed by atoms with E-state index in [1.807, 2.05) is 21.6 Å². The summed E-state index contributed by atoms with van der Waals surface area (Å²) in [5, 5.41) is 9.20. The Morgan fingerprint density at radius 1 is 1.62 bits per heavy atom. The summed E-state index contributed by atoms with van der Waals surface area (Å²) in [4.78, 5) is 0. The normalized spacial score (nSPS) is 9.62. The van der Waals surface area contributed by atoms with Crippen LogP contribution in [-0.4, -0.2) is 23.9 Å². The monoisotopic (exact) mass is 222 g/mol. The van der Waals surface area contributed by atoms with Gasteiger partial charge in [-0.1, -0.05) is 13.8 Å². The Kier molecular flexibility index (Phi) is 4.25. The van der Waals surface area contributed by atoms with Crippen LogP contribution in [-0.2, 0) is 0 Å². The molecular weight excluding hydrogens is 211 g/mol. The largest absolute Gasteiger partial charge is 0.457 e. The van der Waals surface area contributed by atoms with Gasteiger partial charge in [0.1, 0.15) is 0 Å². The Hall–Kier alpha value is 0.885. The van der Waals surface area contributed by atoms with Crippen molar-refractivity contribution >= 4 is 41.3 Å². The minimum atomic E-state index is -0.143. The second-order valence-electron chi connectivity index (χ2n) is 2.41. The molecule has 0 saturated carbocycles. The Bertz CT molecular complexity index is 59.5. The highest BCUT2D eigenvalue weighted by atomic mass is 127. The van der Waals surface area contributed by atoms with Gasteiger partial charge in [0.2, 0.25) is 0 Å². The van der Waals surface area contributed by atoms with Gasteiger partial charge in [-0.25, -0.2) is 0 Å². The molecule has 0 bridgehead atoms. The molecule has 0 aliphatic rings. The summed E-state index contributed by atoms with van der Waals surface area (Å²) in [6.45, 7) is 3.91. The third-order valence-electron chi connectivity index (χ3n) is 1.15. The molecule has 0 aromatic rings. The van der Waals surface area contributed by atoms with Crippen LogP contribution in [0.2, 0.25) is 5.82 Å². The fourth-order valence-corrected chi connectivity index (χ4v) is 1.36. The minimum absolute atomic E-state index is 0.143. The van der Waals surface area contributed by atoms with Crippen LogP contribution in [0.1, 0.15) is 13.8 Å². The summed E-state index contributed by atoms with van der Waals surface area (Å²) < 4.78 is 0.368. The molecule has 0 saturated heterocycles. The summed E-state index contributed by atoms with van der Waals surface area (Å²) >= 11 is 2.23. The van der Waals surface area contributed by atoms with E-state index in [9.17, 15) is 5.02 Å². The Morgan fingerprint density at radius 2 is 2.00 bits per heavy atom. The first-order valence-electron chi connectivity index (χ1n) is 2.88. The maximum absolute atomic E-state index is 9.20. The molecule has 0 fully saturated rings. The zero-order valence-corrected chi connectivity index (χ0v) is 7.71. The van der Waals surface area contributed by atoms with Crippen molar-refractivity contribution in [2.45, 2.75) is 19.7 Å². The molecule has 8 heavy (non-hydrogen) atoms. The molecule has 0 rings (SSSR count). The average molecular weight is 221 g/mol. The molecule has 0 spiro atoms. The molecular formula is C3H10B3IO. The highest BCUT2D eigenvalue weighted by Crippen LogP contribution is 2.08. The Morgan fingerprint density at radius 3 is 2.00 bits per heavy atom. The van der Waals surface area contributed by atoms with E-state index in [0.717, 1.165) is 0 Å². The number of rotatable bonds is 2. The molecule has 0 amide bonds. The van der Waals surface area contributed by atoms with Gasteiger partial charge in [-0.3, -0.25) is 0 Å². The topological polar surface area (TPSA) is 20.2 Å². The van der Waals surface area contributed by atoms with Crippen molar-refractivity contribution in [2.75, 3.05) is 0 Å². The van der Waals surface area contributed by atoms with Crippen LogP contribution >= 0.6 is 22.4 Å². The third kappa shape index (κ3) is 3.02. The molecule has 0 aromatic carbocycles. The van der Waals surface area contributed by atoms with Crippen molar-refractivity contribution in [1.29, 1.82) is 0 Å². The van der Waals surface area contributed by atoms with Crippen LogP contribution in [0, 0.1) is 0 Å². The van der Waals surface area contributed by atoms with Crippen LogP contribution in [0.15, 0.2) is 0 Å². The van der Waals surface area contributed by atoms with Gasteiger partial charge in [0.15, 0.2) is 4.35 Å². The van der Waals surface area contributed by atoms with E-state index in [2.05, 4.69) is 22.4 Å². The van der Waals surface area contributed by atoms with E-state index in [1.165, 1.54) is 0 Å². The molecule has 0 aliphatic heterocycles. The second-order valence-corrected chi connectivity index (χ2v) is 4.38. The van der Waals surface area contributed by atoms with E-state index < -0.39 is 0 Å². The smallest absolute Gasteiger partial charge is 0.258 e. The summed E-state index contributed by atoms with van der Waals surface area (Å²) in [5.41, 5.74) is 0. The number of hydrogen-bond donors (Lipinski definition) is 1. The molecule has 0 unspecified atom stereocenters. The first-order chi connectivity index (χ1) is 3.55. The van der Waals surface area contributed by atoms with Gasteiger partial charge >= 0.3 is 0 Å². The molecule has 1 N–H and O–H groups in total. The van der Waals surface area contributed by atoms with Gasteiger partial charge in [0.25, 0.3) is 6.81 Å². The molecule has 0 heterocycles. The number of halogens is 1. The fraction of sp³-hybridized carbons (Fsp3) is 1.00. The van der Waals surface area contributed by atoms with Crippen molar-refractivity contribution in [1.82, 2.24) is 0 Å². The maximum Gasteiger partial charge on any atom is 0.258 e. The molecule has 44 valence electrons. The van der Waals surface area contributed by atoms with Gasteiger partial charge in [-0.2, -0.15) is 22.4 Å². The lowest BCUT2D eigenvalue weighted by molar-refractivity contribution is 0.577. The van der Waals surface area contributed by atoms with Crippen molar-refractivity contribution in [3.63, 3.8) is 0 Å². The van der Waals surface area contributed by atoms with Gasteiger partial charge in [-0.15, -0.1) is 0 Å². The average Bonchev–Trinajstić information content (AvgIpc) is 1.64. The van der Waals surface area contributed by atoms with E-state index in [-0.39, 0.29) is 6.81 Å². The van der Waals surface area contributed by atoms with Crippen molar-refractivity contribution < 1.29 is 5.02 Å². The van der Waals surface area contributed by atoms with Crippen LogP contribution in [0.4, 0.5) is 0 Å². The maximum atomic E-state index is 9.20. The summed E-state index contributed by atoms with van der Waals surface area (Å²) in [6.07, 6.45) is 0. The van der Waals surface area contributed by atoms with E-state index in [0.29, 0.717) is 10.2 Å². The fourth-order valence-electron chi connectivity index (χ4n) is 0.530. The lowest BCUT2D eigenvalue weighted by atomic mass is 9.19. The molecule has 1 nitrogen and oxygen atoms in total. The second kappa shape index (κ2) is 3.83. The van der Waals surface area contributed by atoms with Crippen molar-refractivity contribution in [3.05, 3.63) is 0 Å². The minimum Gasteiger partial charge on any atom is -0.457 e. The zero-order valence-electron chi connectivity index (χ0n) is 5.56. The molecule has 5 heteroatoms. The summed E-state index contributed by atoms with van der Waals surface area (Å²) in [5.74, 6) is 0.391. The van der Waals surface area contributed by atoms with E-state index in [4.69, 9.17) is 0 Å². The Balaban J connectivity index is 3.46. The van der Waals surface area contributed by atoms with E-state index >= 15 is 0 Å². The molecule has 0 aliphatic carbocycles. The predicted molar refractivity (Wildman–Crippen MR) is 51.4 cm³/mol. The first-order valence-corrected chi connectivity index (χ1v) is 4.12. The number of hydrogen-bond acceptors (Lipinski definition) is 1. The molecule has 0 aromatic heterocycles. The summed E-state index contributed by atoms with van der Waals surface area (Å²) in [6, 6.07) is 0. The highest BCUT2D eigenvalue weighted by molar-refractivity contribution is 14.1. The van der Waals surface area contributed by atoms with E-state index in [1.54, 1.807) is 0 Å². The SMILES string of the molecule is BB(I)B(O)C(C)C. The molecule has 0 radical (unpaired) electrons. The van der Waals surface area contributed by atoms with Crippen LogP contribution in [0.5, 0.6) is 0 Å². The standard InChI is InChI=1S/C3H10B3IO/c1-3(2)5(8)6(4)7/h3,8H,4H2,1-2H3. The van der Waals surface area contributed by atoms with Crippen molar-refractivity contribution in [3.8, 4) is 0 Å². The van der Waals surface area contributed by atoms with Crippen LogP contribution in [0.25, 0.3) is 0 Å². The molecule has 0 atom stereocenters. The van der Waals surface area contributed by atoms with Crippen molar-refractivity contribution in [2.24, 2.45) is 0 Å². The van der Waals surface area contributed by atoms with Gasteiger partial charge < -0.3 is 5.02 Å². The third-order valence-corrected chi connectivity index (χ3v) is 1.89. The lowest BCUT2D eigenvalue weighted by Gasteiger charge is -2.09. The predicted octanol–water partition coefficient (Wildman–Crippen LogP) is 0.0149. The Labute approximate surface area is 66.1 Å². The van der Waals surface area contributed by atoms with Gasteiger partial charge in [0.05, 0.1) is 7.74 Å². The van der Waals surface area contributed by atoms with Gasteiger partial charge in [0, 0.05) is 0 Å². The van der Waals surface area contributed by atoms with Crippen LogP contribution in [0.3, 0.4) is 0 Å². The van der Waals surface area contributed by atoms with Gasteiger partial charge in [-0.05, 0) is 5.82 Å². The highest BCUT2D eigenvalue weighted by Gasteiger charge is 2.22. The quantitative estimate of drug-likeness (QED) is 0.515. The van der Waals surface area contributed by atoms with Crippen LogP contribution < -0.4 is 0 Å². The summed E-state index contributed by atoms with van der Waals surface area (Å²) in [7, 11) is 2.02. The first kappa shape index (κ1) is 8.88. The lowest BCUT2D eigenvalue weighted by Crippen LogP contribution is -2.33.